The summed E-state index contributed by atoms with van der Waals surface area (Å²) >= 11 is 0. The second-order valence-electron chi connectivity index (χ2n) is 15.6. The van der Waals surface area contributed by atoms with Gasteiger partial charge in [-0.1, -0.05) is 6.07 Å². The Kier molecular flexibility index (Phi) is 10.0. The summed E-state index contributed by atoms with van der Waals surface area (Å²) in [6.07, 6.45) is 10.9. The number of benzene rings is 2. The van der Waals surface area contributed by atoms with E-state index in [9.17, 15) is 19.2 Å². The van der Waals surface area contributed by atoms with Crippen LogP contribution in [0.4, 0.5) is 15.8 Å². The molecule has 3 aliphatic heterocycles. The third-order valence-corrected chi connectivity index (χ3v) is 11.9. The summed E-state index contributed by atoms with van der Waals surface area (Å²) in [7, 11) is 2.21. The van der Waals surface area contributed by atoms with Crippen molar-refractivity contribution in [3.8, 4) is 5.75 Å². The third-order valence-electron chi connectivity index (χ3n) is 11.9. The molecule has 14 heteroatoms. The molecule has 0 radical (unpaired) electrons. The number of imide groups is 1. The highest BCUT2D eigenvalue weighted by Crippen LogP contribution is 2.39. The fourth-order valence-electron chi connectivity index (χ4n) is 8.88. The Morgan fingerprint density at radius 1 is 1.02 bits per heavy atom. The summed E-state index contributed by atoms with van der Waals surface area (Å²) in [6, 6.07) is 11.5. The molecule has 8 rings (SSSR count). The third kappa shape index (κ3) is 7.27. The minimum absolute atomic E-state index is 0.000865. The summed E-state index contributed by atoms with van der Waals surface area (Å²) in [5.41, 5.74) is 3.94. The summed E-state index contributed by atoms with van der Waals surface area (Å²) in [5.74, 6) is -1.69. The zero-order chi connectivity index (χ0) is 38.4. The van der Waals surface area contributed by atoms with E-state index in [1.807, 2.05) is 30.9 Å². The molecule has 4 amide bonds. The van der Waals surface area contributed by atoms with Crippen LogP contribution in [0, 0.1) is 5.82 Å². The van der Waals surface area contributed by atoms with Gasteiger partial charge in [0.05, 0.1) is 23.9 Å². The number of hydrogen-bond donors (Lipinski definition) is 2. The van der Waals surface area contributed by atoms with Gasteiger partial charge in [0.15, 0.2) is 5.65 Å². The van der Waals surface area contributed by atoms with E-state index >= 15 is 4.39 Å². The SMILES string of the molecule is CC(C)Oc1cc2c(cc1NC(=O)c1cnn3cccnc13)CN(C1CCC(N(C)C3CCN(c4ccc(C5CCC(=O)NC5=O)c(F)c4)CC3)CC1)C2=O. The van der Waals surface area contributed by atoms with Crippen LogP contribution in [0.3, 0.4) is 0 Å². The Balaban J connectivity index is 0.864. The van der Waals surface area contributed by atoms with Gasteiger partial charge in [-0.25, -0.2) is 13.9 Å². The number of rotatable bonds is 9. The molecule has 4 aromatic rings. The lowest BCUT2D eigenvalue weighted by Crippen LogP contribution is -2.49. The number of halogens is 1. The standard InChI is InChI=1S/C41H47FN8O5/c1-24(2)55-36-21-32-25(19-35(36)45-40(53)33-22-44-50-16-4-15-43-38(33)50)23-49(41(32)54)28-7-5-26(6-8-28)47(3)27-13-17-48(18-14-27)29-9-10-30(34(42)20-29)31-11-12-37(51)46-39(31)52/h4,9-10,15-16,19-22,24,26-28,31H,5-8,11-14,17-18,23H2,1-3H3,(H,45,53)(H,46,51,52). The fraction of sp³-hybridized carbons (Fsp3) is 0.463. The van der Waals surface area contributed by atoms with Gasteiger partial charge in [0.2, 0.25) is 11.8 Å². The monoisotopic (exact) mass is 750 g/mol. The average Bonchev–Trinajstić information content (AvgIpc) is 3.75. The smallest absolute Gasteiger partial charge is 0.261 e. The van der Waals surface area contributed by atoms with Crippen LogP contribution in [0.25, 0.3) is 5.65 Å². The Morgan fingerprint density at radius 3 is 2.51 bits per heavy atom. The van der Waals surface area contributed by atoms with E-state index in [1.165, 1.54) is 12.3 Å². The van der Waals surface area contributed by atoms with Gasteiger partial charge in [0, 0.05) is 73.4 Å². The van der Waals surface area contributed by atoms with Crippen molar-refractivity contribution >= 4 is 40.7 Å². The van der Waals surface area contributed by atoms with E-state index in [1.54, 1.807) is 35.1 Å². The van der Waals surface area contributed by atoms with Gasteiger partial charge in [-0.15, -0.1) is 0 Å². The van der Waals surface area contributed by atoms with E-state index in [0.717, 1.165) is 62.9 Å². The van der Waals surface area contributed by atoms with Crippen molar-refractivity contribution in [1.29, 1.82) is 0 Å². The average molecular weight is 751 g/mol. The number of fused-ring (bicyclic) bond motifs is 2. The molecule has 3 fully saturated rings. The molecule has 1 aliphatic carbocycles. The number of piperidine rings is 2. The van der Waals surface area contributed by atoms with Crippen LogP contribution in [0.2, 0.25) is 0 Å². The molecule has 1 saturated carbocycles. The summed E-state index contributed by atoms with van der Waals surface area (Å²) < 4.78 is 22.9. The number of hydrogen-bond acceptors (Lipinski definition) is 9. The van der Waals surface area contributed by atoms with Crippen molar-refractivity contribution in [1.82, 2.24) is 29.7 Å². The maximum atomic E-state index is 15.2. The molecule has 1 unspecified atom stereocenters. The van der Waals surface area contributed by atoms with E-state index in [4.69, 9.17) is 4.74 Å². The second kappa shape index (κ2) is 15.0. The number of ether oxygens (including phenoxy) is 1. The second-order valence-corrected chi connectivity index (χ2v) is 15.6. The molecule has 4 aliphatic rings. The molecule has 0 bridgehead atoms. The van der Waals surface area contributed by atoms with Gasteiger partial charge in [-0.3, -0.25) is 24.5 Å². The molecule has 1 atom stereocenters. The highest BCUT2D eigenvalue weighted by molar-refractivity contribution is 6.09. The molecule has 5 heterocycles. The molecular formula is C41H47FN8O5. The zero-order valence-corrected chi connectivity index (χ0v) is 31.5. The number of aromatic nitrogens is 3. The summed E-state index contributed by atoms with van der Waals surface area (Å²) in [4.78, 5) is 62.1. The van der Waals surface area contributed by atoms with E-state index < -0.39 is 17.6 Å². The van der Waals surface area contributed by atoms with Gasteiger partial charge >= 0.3 is 0 Å². The van der Waals surface area contributed by atoms with Crippen LogP contribution >= 0.6 is 0 Å². The van der Waals surface area contributed by atoms with Crippen LogP contribution in [0.1, 0.15) is 103 Å². The Hall–Kier alpha value is -5.37. The lowest BCUT2D eigenvalue weighted by Gasteiger charge is -2.44. The van der Waals surface area contributed by atoms with Crippen molar-refractivity contribution in [3.05, 3.63) is 83.1 Å². The minimum Gasteiger partial charge on any atom is -0.489 e. The molecule has 13 nitrogen and oxygen atoms in total. The fourth-order valence-corrected chi connectivity index (χ4v) is 8.88. The quantitative estimate of drug-likeness (QED) is 0.218. The number of nitrogens with zero attached hydrogens (tertiary/aromatic N) is 6. The number of anilines is 2. The lowest BCUT2D eigenvalue weighted by atomic mass is 9.87. The number of amides is 4. The first kappa shape index (κ1) is 36.6. The van der Waals surface area contributed by atoms with Crippen LogP contribution in [-0.2, 0) is 16.1 Å². The van der Waals surface area contributed by atoms with Crippen LogP contribution in [-0.4, -0.2) is 92.4 Å². The van der Waals surface area contributed by atoms with Crippen LogP contribution in [0.15, 0.2) is 55.0 Å². The number of nitrogens with one attached hydrogen (secondary N) is 2. The predicted octanol–water partition coefficient (Wildman–Crippen LogP) is 5.30. The zero-order valence-electron chi connectivity index (χ0n) is 31.5. The van der Waals surface area contributed by atoms with Gasteiger partial charge in [-0.05, 0) is 102 Å². The molecule has 2 aromatic carbocycles. The first-order valence-corrected chi connectivity index (χ1v) is 19.4. The Labute approximate surface area is 319 Å². The van der Waals surface area contributed by atoms with Gasteiger partial charge in [-0.2, -0.15) is 5.10 Å². The Bertz CT molecular complexity index is 2140. The molecular weight excluding hydrogens is 704 g/mol. The predicted molar refractivity (Wildman–Crippen MR) is 204 cm³/mol. The molecule has 2 N–H and O–H groups in total. The number of carbonyl (C=O) groups excluding carboxylic acids is 4. The van der Waals surface area contributed by atoms with E-state index in [0.29, 0.717) is 58.8 Å². The first-order valence-electron chi connectivity index (χ1n) is 19.4. The van der Waals surface area contributed by atoms with E-state index in [-0.39, 0.29) is 36.3 Å². The first-order chi connectivity index (χ1) is 26.5. The molecule has 55 heavy (non-hydrogen) atoms. The minimum atomic E-state index is -0.641. The van der Waals surface area contributed by atoms with E-state index in [2.05, 4.69) is 37.6 Å². The van der Waals surface area contributed by atoms with Crippen molar-refractivity contribution in [2.45, 2.75) is 102 Å². The summed E-state index contributed by atoms with van der Waals surface area (Å²) in [6.45, 7) is 5.92. The highest BCUT2D eigenvalue weighted by Gasteiger charge is 2.38. The topological polar surface area (TPSA) is 141 Å². The number of carbonyl (C=O) groups is 4. The normalized spacial score (nSPS) is 22.1. The Morgan fingerprint density at radius 2 is 1.78 bits per heavy atom. The largest absolute Gasteiger partial charge is 0.489 e. The lowest BCUT2D eigenvalue weighted by molar-refractivity contribution is -0.134. The van der Waals surface area contributed by atoms with Crippen LogP contribution < -0.4 is 20.3 Å². The van der Waals surface area contributed by atoms with Crippen molar-refractivity contribution in [3.63, 3.8) is 0 Å². The van der Waals surface area contributed by atoms with Crippen molar-refractivity contribution in [2.75, 3.05) is 30.4 Å². The molecule has 2 saturated heterocycles. The van der Waals surface area contributed by atoms with Gasteiger partial charge < -0.3 is 24.8 Å². The molecule has 288 valence electrons. The summed E-state index contributed by atoms with van der Waals surface area (Å²) in [5, 5.41) is 9.56. The van der Waals surface area contributed by atoms with Gasteiger partial charge in [0.1, 0.15) is 17.1 Å². The van der Waals surface area contributed by atoms with Crippen LogP contribution in [0.5, 0.6) is 5.75 Å². The molecule has 2 aromatic heterocycles. The van der Waals surface area contributed by atoms with Crippen molar-refractivity contribution < 1.29 is 28.3 Å². The van der Waals surface area contributed by atoms with Gasteiger partial charge in [0.25, 0.3) is 11.8 Å². The molecule has 0 spiro atoms. The maximum absolute atomic E-state index is 15.2. The maximum Gasteiger partial charge on any atom is 0.261 e. The van der Waals surface area contributed by atoms with Crippen molar-refractivity contribution in [2.24, 2.45) is 0 Å². The highest BCUT2D eigenvalue weighted by atomic mass is 19.1.